The number of alkyl halides is 3. The number of nitrogens with one attached hydrogen (secondary N) is 2. The van der Waals surface area contributed by atoms with Gasteiger partial charge in [0, 0.05) is 21.4 Å². The number of rotatable bonds is 7. The van der Waals surface area contributed by atoms with Crippen molar-refractivity contribution in [2.24, 2.45) is 0 Å². The lowest BCUT2D eigenvalue weighted by atomic mass is 10.0. The molecule has 0 bridgehead atoms. The summed E-state index contributed by atoms with van der Waals surface area (Å²) in [7, 11) is -3.40. The van der Waals surface area contributed by atoms with Gasteiger partial charge in [-0.25, -0.2) is 8.42 Å². The Morgan fingerprint density at radius 3 is 2.30 bits per heavy atom. The molecule has 7 nitrogen and oxygen atoms in total. The standard InChI is InChI=1S/C20H19ClF3IN2O5S/c1-19(2,10-33(3,30)31)27-18(29)16-12(5-4-6-14(16)25)17(28)26-15-8-7-11(9-13(15)21)32-20(22,23)24/h4-9H,10H2,1-3H3,(H,26,28)(H,27,29). The highest BCUT2D eigenvalue weighted by Gasteiger charge is 2.32. The fourth-order valence-electron chi connectivity index (χ4n) is 2.99. The quantitative estimate of drug-likeness (QED) is 0.440. The number of amides is 2. The highest BCUT2D eigenvalue weighted by atomic mass is 127. The average molecular weight is 619 g/mol. The number of hydrogen-bond acceptors (Lipinski definition) is 5. The molecule has 0 unspecified atom stereocenters. The van der Waals surface area contributed by atoms with Gasteiger partial charge in [-0.2, -0.15) is 0 Å². The molecule has 2 rings (SSSR count). The Bertz CT molecular complexity index is 1190. The van der Waals surface area contributed by atoms with Gasteiger partial charge in [-0.05, 0) is 60.7 Å². The van der Waals surface area contributed by atoms with Crippen LogP contribution in [0, 0.1) is 3.57 Å². The molecule has 0 saturated carbocycles. The topological polar surface area (TPSA) is 102 Å². The summed E-state index contributed by atoms with van der Waals surface area (Å²) in [5, 5.41) is 4.86. The van der Waals surface area contributed by atoms with Crippen LogP contribution in [0.3, 0.4) is 0 Å². The van der Waals surface area contributed by atoms with Crippen molar-refractivity contribution < 1.29 is 35.9 Å². The maximum absolute atomic E-state index is 12.9. The predicted molar refractivity (Wildman–Crippen MR) is 127 cm³/mol. The fraction of sp³-hybridized carbons (Fsp3) is 0.300. The number of sulfone groups is 1. The largest absolute Gasteiger partial charge is 0.573 e. The Kier molecular flexibility index (Phi) is 8.28. The Hall–Kier alpha value is -2.06. The van der Waals surface area contributed by atoms with E-state index in [9.17, 15) is 31.2 Å². The summed E-state index contributed by atoms with van der Waals surface area (Å²) >= 11 is 7.83. The van der Waals surface area contributed by atoms with Crippen LogP contribution in [0.1, 0.15) is 34.6 Å². The van der Waals surface area contributed by atoms with Gasteiger partial charge in [0.1, 0.15) is 15.6 Å². The van der Waals surface area contributed by atoms with Gasteiger partial charge in [0.05, 0.1) is 27.6 Å². The first-order valence-electron chi connectivity index (χ1n) is 9.13. The second kappa shape index (κ2) is 10.1. The summed E-state index contributed by atoms with van der Waals surface area (Å²) in [6.45, 7) is 3.07. The monoisotopic (exact) mass is 618 g/mol. The number of anilines is 1. The molecule has 0 saturated heterocycles. The molecule has 2 aromatic carbocycles. The molecule has 0 aliphatic rings. The van der Waals surface area contributed by atoms with Crippen LogP contribution in [0.2, 0.25) is 5.02 Å². The van der Waals surface area contributed by atoms with Gasteiger partial charge in [-0.1, -0.05) is 17.7 Å². The molecule has 2 N–H and O–H groups in total. The number of hydrogen-bond donors (Lipinski definition) is 2. The van der Waals surface area contributed by atoms with E-state index in [-0.39, 0.29) is 27.6 Å². The number of carbonyl (C=O) groups is 2. The van der Waals surface area contributed by atoms with Crippen molar-refractivity contribution in [1.29, 1.82) is 0 Å². The first-order valence-corrected chi connectivity index (χ1v) is 12.6. The Morgan fingerprint density at radius 2 is 1.76 bits per heavy atom. The molecule has 2 aromatic rings. The molecule has 180 valence electrons. The summed E-state index contributed by atoms with van der Waals surface area (Å²) in [5.41, 5.74) is -1.15. The lowest BCUT2D eigenvalue weighted by molar-refractivity contribution is -0.274. The Labute approximate surface area is 207 Å². The molecule has 0 atom stereocenters. The number of ether oxygens (including phenoxy) is 1. The van der Waals surface area contributed by atoms with Crippen molar-refractivity contribution in [2.45, 2.75) is 25.7 Å². The van der Waals surface area contributed by atoms with Crippen molar-refractivity contribution in [1.82, 2.24) is 5.32 Å². The van der Waals surface area contributed by atoms with Gasteiger partial charge in [0.25, 0.3) is 11.8 Å². The molecular formula is C20H19ClF3IN2O5S. The van der Waals surface area contributed by atoms with E-state index >= 15 is 0 Å². The normalized spacial score (nSPS) is 12.2. The number of carbonyl (C=O) groups excluding carboxylic acids is 2. The third kappa shape index (κ3) is 8.34. The lowest BCUT2D eigenvalue weighted by Gasteiger charge is -2.26. The lowest BCUT2D eigenvalue weighted by Crippen LogP contribution is -2.48. The predicted octanol–water partition coefficient (Wildman–Crippen LogP) is 4.65. The third-order valence-corrected chi connectivity index (χ3v) is 6.44. The van der Waals surface area contributed by atoms with Crippen molar-refractivity contribution in [3.63, 3.8) is 0 Å². The van der Waals surface area contributed by atoms with E-state index < -0.39 is 39.3 Å². The van der Waals surface area contributed by atoms with Crippen LogP contribution in [0.25, 0.3) is 0 Å². The Morgan fingerprint density at radius 1 is 1.12 bits per heavy atom. The molecule has 0 aromatic heterocycles. The molecule has 0 heterocycles. The summed E-state index contributed by atoms with van der Waals surface area (Å²) in [4.78, 5) is 25.8. The molecule has 0 spiro atoms. The van der Waals surface area contributed by atoms with Crippen molar-refractivity contribution in [3.05, 3.63) is 56.1 Å². The highest BCUT2D eigenvalue weighted by molar-refractivity contribution is 14.1. The minimum absolute atomic E-state index is 0.00110. The first kappa shape index (κ1) is 27.2. The van der Waals surface area contributed by atoms with Gasteiger partial charge in [0.15, 0.2) is 0 Å². The van der Waals surface area contributed by atoms with Crippen LogP contribution in [0.15, 0.2) is 36.4 Å². The zero-order valence-corrected chi connectivity index (χ0v) is 21.2. The van der Waals surface area contributed by atoms with Crippen molar-refractivity contribution >= 4 is 61.5 Å². The maximum atomic E-state index is 12.9. The summed E-state index contributed by atoms with van der Waals surface area (Å²) < 4.78 is 64.6. The molecule has 0 aliphatic heterocycles. The zero-order valence-electron chi connectivity index (χ0n) is 17.5. The summed E-state index contributed by atoms with van der Waals surface area (Å²) in [6, 6.07) is 7.50. The molecule has 0 aliphatic carbocycles. The molecule has 33 heavy (non-hydrogen) atoms. The van der Waals surface area contributed by atoms with E-state index in [0.717, 1.165) is 24.5 Å². The van der Waals surface area contributed by atoms with Gasteiger partial charge in [-0.3, -0.25) is 9.59 Å². The smallest absolute Gasteiger partial charge is 0.406 e. The van der Waals surface area contributed by atoms with Crippen molar-refractivity contribution in [2.75, 3.05) is 17.3 Å². The molecule has 13 heteroatoms. The minimum Gasteiger partial charge on any atom is -0.406 e. The van der Waals surface area contributed by atoms with E-state index in [1.807, 2.05) is 22.6 Å². The zero-order chi connectivity index (χ0) is 25.2. The number of benzene rings is 2. The van der Waals surface area contributed by atoms with E-state index in [4.69, 9.17) is 11.6 Å². The van der Waals surface area contributed by atoms with E-state index in [0.29, 0.717) is 3.57 Å². The van der Waals surface area contributed by atoms with Gasteiger partial charge < -0.3 is 15.4 Å². The highest BCUT2D eigenvalue weighted by Crippen LogP contribution is 2.31. The summed E-state index contributed by atoms with van der Waals surface area (Å²) in [6.07, 6.45) is -3.86. The minimum atomic E-state index is -4.90. The SMILES string of the molecule is CC(C)(CS(C)(=O)=O)NC(=O)c1c(I)cccc1C(=O)Nc1ccc(OC(F)(F)F)cc1Cl. The molecule has 2 amide bonds. The van der Waals surface area contributed by atoms with E-state index in [2.05, 4.69) is 15.4 Å². The first-order chi connectivity index (χ1) is 15.0. The fourth-order valence-corrected chi connectivity index (χ4v) is 5.33. The molecule has 0 fully saturated rings. The van der Waals surface area contributed by atoms with Gasteiger partial charge in [-0.15, -0.1) is 13.2 Å². The second-order valence-corrected chi connectivity index (χ2v) is 11.4. The van der Waals surface area contributed by atoms with Gasteiger partial charge in [0.2, 0.25) is 0 Å². The van der Waals surface area contributed by atoms with Crippen LogP contribution in [-0.2, 0) is 9.84 Å². The third-order valence-electron chi connectivity index (χ3n) is 3.98. The van der Waals surface area contributed by atoms with Crippen LogP contribution >= 0.6 is 34.2 Å². The molecular weight excluding hydrogens is 600 g/mol. The van der Waals surface area contributed by atoms with Crippen LogP contribution in [0.5, 0.6) is 5.75 Å². The Balaban J connectivity index is 2.31. The van der Waals surface area contributed by atoms with Gasteiger partial charge >= 0.3 is 6.36 Å². The second-order valence-electron chi connectivity index (χ2n) is 7.71. The van der Waals surface area contributed by atoms with E-state index in [1.165, 1.54) is 26.0 Å². The maximum Gasteiger partial charge on any atom is 0.573 e. The average Bonchev–Trinajstić information content (AvgIpc) is 2.59. The summed E-state index contributed by atoms with van der Waals surface area (Å²) in [5.74, 6) is -2.30. The molecule has 0 radical (unpaired) electrons. The van der Waals surface area contributed by atoms with Crippen LogP contribution < -0.4 is 15.4 Å². The van der Waals surface area contributed by atoms with Crippen LogP contribution in [-0.4, -0.2) is 44.1 Å². The van der Waals surface area contributed by atoms with E-state index in [1.54, 1.807) is 6.07 Å². The number of halogens is 5. The van der Waals surface area contributed by atoms with Crippen molar-refractivity contribution in [3.8, 4) is 5.75 Å². The van der Waals surface area contributed by atoms with Crippen LogP contribution in [0.4, 0.5) is 18.9 Å².